The average molecular weight is 278 g/mol. The first-order valence-electron chi connectivity index (χ1n) is 6.77. The van der Waals surface area contributed by atoms with Crippen molar-refractivity contribution in [2.75, 3.05) is 18.9 Å². The van der Waals surface area contributed by atoms with Crippen molar-refractivity contribution in [3.63, 3.8) is 0 Å². The van der Waals surface area contributed by atoms with Gasteiger partial charge in [-0.25, -0.2) is 0 Å². The Morgan fingerprint density at radius 1 is 1.40 bits per heavy atom. The van der Waals surface area contributed by atoms with E-state index in [4.69, 9.17) is 0 Å². The fourth-order valence-corrected chi connectivity index (χ4v) is 1.63. The second-order valence-corrected chi connectivity index (χ2v) is 4.55. The van der Waals surface area contributed by atoms with E-state index in [2.05, 4.69) is 20.9 Å². The Kier molecular flexibility index (Phi) is 6.49. The number of carbonyl (C=O) groups is 2. The summed E-state index contributed by atoms with van der Waals surface area (Å²) in [6.45, 7) is 4.26. The molecule has 0 radical (unpaired) electrons. The molecule has 0 aliphatic rings. The second kappa shape index (κ2) is 8.14. The lowest BCUT2D eigenvalue weighted by Crippen LogP contribution is -2.35. The summed E-state index contributed by atoms with van der Waals surface area (Å²) in [4.78, 5) is 27.5. The van der Waals surface area contributed by atoms with E-state index in [1.165, 1.54) is 6.20 Å². The quantitative estimate of drug-likeness (QED) is 0.699. The lowest BCUT2D eigenvalue weighted by atomic mass is 10.2. The Bertz CT molecular complexity index is 462. The zero-order valence-corrected chi connectivity index (χ0v) is 12.2. The molecule has 0 bridgehead atoms. The molecular formula is C14H22N4O2. The maximum Gasteiger partial charge on any atom is 0.254 e. The summed E-state index contributed by atoms with van der Waals surface area (Å²) in [5.41, 5.74) is 1.18. The van der Waals surface area contributed by atoms with Gasteiger partial charge < -0.3 is 16.0 Å². The Labute approximate surface area is 119 Å². The highest BCUT2D eigenvalue weighted by molar-refractivity contribution is 5.99. The molecule has 0 aromatic carbocycles. The van der Waals surface area contributed by atoms with Gasteiger partial charge in [0.1, 0.15) is 0 Å². The number of hydrogen-bond donors (Lipinski definition) is 3. The van der Waals surface area contributed by atoms with Gasteiger partial charge in [0.15, 0.2) is 0 Å². The summed E-state index contributed by atoms with van der Waals surface area (Å²) in [5.74, 6) is -0.293. The van der Waals surface area contributed by atoms with Gasteiger partial charge in [-0.15, -0.1) is 0 Å². The van der Waals surface area contributed by atoms with Crippen molar-refractivity contribution < 1.29 is 9.59 Å². The third-order valence-electron chi connectivity index (χ3n) is 2.99. The van der Waals surface area contributed by atoms with Crippen LogP contribution in [0.5, 0.6) is 0 Å². The molecular weight excluding hydrogens is 256 g/mol. The number of rotatable bonds is 7. The van der Waals surface area contributed by atoms with Crippen molar-refractivity contribution in [2.45, 2.75) is 32.7 Å². The fourth-order valence-electron chi connectivity index (χ4n) is 1.63. The van der Waals surface area contributed by atoms with Crippen LogP contribution in [0.3, 0.4) is 0 Å². The van der Waals surface area contributed by atoms with Gasteiger partial charge in [0.05, 0.1) is 5.56 Å². The molecule has 0 spiro atoms. The van der Waals surface area contributed by atoms with Crippen molar-refractivity contribution in [1.29, 1.82) is 0 Å². The predicted molar refractivity (Wildman–Crippen MR) is 78.6 cm³/mol. The van der Waals surface area contributed by atoms with Crippen molar-refractivity contribution in [1.82, 2.24) is 15.6 Å². The van der Waals surface area contributed by atoms with E-state index in [0.717, 1.165) is 6.42 Å². The van der Waals surface area contributed by atoms with E-state index in [0.29, 0.717) is 17.8 Å². The van der Waals surface area contributed by atoms with Gasteiger partial charge in [0.2, 0.25) is 5.91 Å². The first kappa shape index (κ1) is 15.9. The molecule has 0 aliphatic heterocycles. The third kappa shape index (κ3) is 4.87. The number of pyridine rings is 1. The highest BCUT2D eigenvalue weighted by Gasteiger charge is 2.11. The zero-order chi connectivity index (χ0) is 15.0. The second-order valence-electron chi connectivity index (χ2n) is 4.55. The molecule has 0 saturated heterocycles. The fraction of sp³-hybridized carbons (Fsp3) is 0.500. The monoisotopic (exact) mass is 278 g/mol. The molecule has 2 amide bonds. The molecule has 1 heterocycles. The van der Waals surface area contributed by atoms with E-state index in [1.807, 2.05) is 13.8 Å². The number of aromatic nitrogens is 1. The third-order valence-corrected chi connectivity index (χ3v) is 2.99. The Balaban J connectivity index is 2.42. The topological polar surface area (TPSA) is 83.1 Å². The Hall–Kier alpha value is -2.11. The molecule has 1 unspecified atom stereocenters. The minimum absolute atomic E-state index is 0.0559. The van der Waals surface area contributed by atoms with Gasteiger partial charge in [-0.05, 0) is 19.4 Å². The van der Waals surface area contributed by atoms with Crippen molar-refractivity contribution in [3.05, 3.63) is 24.0 Å². The van der Waals surface area contributed by atoms with Crippen LogP contribution in [0, 0.1) is 0 Å². The maximum absolute atomic E-state index is 12.0. The van der Waals surface area contributed by atoms with Gasteiger partial charge in [0.25, 0.3) is 5.91 Å². The van der Waals surface area contributed by atoms with Crippen molar-refractivity contribution in [3.8, 4) is 0 Å². The summed E-state index contributed by atoms with van der Waals surface area (Å²) >= 11 is 0. The normalized spacial score (nSPS) is 11.6. The lowest BCUT2D eigenvalue weighted by Gasteiger charge is -2.12. The molecule has 110 valence electrons. The molecule has 1 atom stereocenters. The van der Waals surface area contributed by atoms with Gasteiger partial charge in [-0.3, -0.25) is 14.6 Å². The van der Waals surface area contributed by atoms with E-state index < -0.39 is 0 Å². The number of hydrogen-bond acceptors (Lipinski definition) is 4. The Morgan fingerprint density at radius 2 is 2.15 bits per heavy atom. The molecule has 1 aromatic heterocycles. The largest absolute Gasteiger partial charge is 0.387 e. The first-order chi connectivity index (χ1) is 9.58. The van der Waals surface area contributed by atoms with Crippen molar-refractivity contribution >= 4 is 17.5 Å². The summed E-state index contributed by atoms with van der Waals surface area (Å²) in [6, 6.07) is 1.89. The summed E-state index contributed by atoms with van der Waals surface area (Å²) in [5, 5.41) is 8.50. The molecule has 6 heteroatoms. The molecule has 20 heavy (non-hydrogen) atoms. The summed E-state index contributed by atoms with van der Waals surface area (Å²) in [6.07, 6.45) is 4.27. The van der Waals surface area contributed by atoms with Crippen LogP contribution >= 0.6 is 0 Å². The van der Waals surface area contributed by atoms with Crippen LogP contribution in [0.2, 0.25) is 0 Å². The van der Waals surface area contributed by atoms with Crippen LogP contribution in [0.4, 0.5) is 5.69 Å². The number of nitrogens with one attached hydrogen (secondary N) is 3. The van der Waals surface area contributed by atoms with Crippen LogP contribution < -0.4 is 16.0 Å². The molecule has 0 aliphatic carbocycles. The zero-order valence-electron chi connectivity index (χ0n) is 12.2. The minimum atomic E-state index is -0.237. The molecule has 1 rings (SSSR count). The number of carbonyl (C=O) groups excluding carboxylic acids is 2. The molecule has 3 N–H and O–H groups in total. The summed E-state index contributed by atoms with van der Waals surface area (Å²) in [7, 11) is 1.74. The smallest absolute Gasteiger partial charge is 0.254 e. The number of amides is 2. The SMILES string of the molecule is CCC(C)NC(=O)CCNC(=O)c1cnccc1NC. The van der Waals surface area contributed by atoms with Crippen LogP contribution in [-0.4, -0.2) is 36.4 Å². The highest BCUT2D eigenvalue weighted by Crippen LogP contribution is 2.11. The molecule has 0 fully saturated rings. The van der Waals surface area contributed by atoms with Crippen LogP contribution in [-0.2, 0) is 4.79 Å². The van der Waals surface area contributed by atoms with Gasteiger partial charge in [-0.2, -0.15) is 0 Å². The predicted octanol–water partition coefficient (Wildman–Crippen LogP) is 1.16. The minimum Gasteiger partial charge on any atom is -0.387 e. The van der Waals surface area contributed by atoms with E-state index in [9.17, 15) is 9.59 Å². The van der Waals surface area contributed by atoms with Crippen LogP contribution in [0.1, 0.15) is 37.0 Å². The van der Waals surface area contributed by atoms with E-state index in [-0.39, 0.29) is 24.3 Å². The average Bonchev–Trinajstić information content (AvgIpc) is 2.46. The maximum atomic E-state index is 12.0. The molecule has 1 aromatic rings. The van der Waals surface area contributed by atoms with E-state index in [1.54, 1.807) is 19.3 Å². The molecule has 0 saturated carbocycles. The summed E-state index contributed by atoms with van der Waals surface area (Å²) < 4.78 is 0. The number of anilines is 1. The standard InChI is InChI=1S/C14H22N4O2/c1-4-10(2)18-13(19)6-8-17-14(20)11-9-16-7-5-12(11)15-3/h5,7,9-10H,4,6,8H2,1-3H3,(H,15,16)(H,17,20)(H,18,19). The first-order valence-corrected chi connectivity index (χ1v) is 6.77. The Morgan fingerprint density at radius 3 is 2.80 bits per heavy atom. The van der Waals surface area contributed by atoms with Crippen LogP contribution in [0.25, 0.3) is 0 Å². The highest BCUT2D eigenvalue weighted by atomic mass is 16.2. The lowest BCUT2D eigenvalue weighted by molar-refractivity contribution is -0.121. The van der Waals surface area contributed by atoms with Crippen LogP contribution in [0.15, 0.2) is 18.5 Å². The van der Waals surface area contributed by atoms with E-state index >= 15 is 0 Å². The van der Waals surface area contributed by atoms with Gasteiger partial charge in [-0.1, -0.05) is 6.92 Å². The van der Waals surface area contributed by atoms with Gasteiger partial charge >= 0.3 is 0 Å². The van der Waals surface area contributed by atoms with Gasteiger partial charge in [0, 0.05) is 44.1 Å². The van der Waals surface area contributed by atoms with Crippen molar-refractivity contribution in [2.24, 2.45) is 0 Å². The number of nitrogens with zero attached hydrogens (tertiary/aromatic N) is 1. The molecule has 6 nitrogen and oxygen atoms in total.